The quantitative estimate of drug-likeness (QED) is 0.854. The van der Waals surface area contributed by atoms with E-state index in [1.807, 2.05) is 11.9 Å². The molecule has 0 radical (unpaired) electrons. The molecule has 2 aliphatic rings. The zero-order valence-electron chi connectivity index (χ0n) is 13.0. The molecule has 3 heteroatoms. The third kappa shape index (κ3) is 2.81. The molecule has 0 aromatic rings. The number of hydrogen-bond donors (Lipinski definition) is 1. The summed E-state index contributed by atoms with van der Waals surface area (Å²) in [4.78, 5) is 14.8. The van der Waals surface area contributed by atoms with Crippen molar-refractivity contribution in [3.05, 3.63) is 0 Å². The molecule has 2 saturated carbocycles. The number of carbonyl (C=O) groups excluding carboxylic acids is 1. The van der Waals surface area contributed by atoms with Gasteiger partial charge >= 0.3 is 0 Å². The lowest BCUT2D eigenvalue weighted by atomic mass is 9.61. The van der Waals surface area contributed by atoms with E-state index in [0.717, 1.165) is 25.7 Å². The first-order valence-corrected chi connectivity index (χ1v) is 7.77. The van der Waals surface area contributed by atoms with Gasteiger partial charge in [0.2, 0.25) is 5.91 Å². The minimum atomic E-state index is -0.235. The second kappa shape index (κ2) is 5.08. The van der Waals surface area contributed by atoms with E-state index in [9.17, 15) is 4.79 Å². The molecule has 0 aromatic heterocycles. The van der Waals surface area contributed by atoms with E-state index in [-0.39, 0.29) is 5.41 Å². The maximum Gasteiger partial charge on any atom is 0.230 e. The van der Waals surface area contributed by atoms with E-state index in [1.54, 1.807) is 0 Å². The molecule has 0 spiro atoms. The number of nitrogens with zero attached hydrogens (tertiary/aromatic N) is 1. The zero-order valence-corrected chi connectivity index (χ0v) is 13.0. The van der Waals surface area contributed by atoms with Crippen LogP contribution in [0, 0.1) is 16.7 Å². The van der Waals surface area contributed by atoms with Gasteiger partial charge in [0.1, 0.15) is 0 Å². The summed E-state index contributed by atoms with van der Waals surface area (Å²) in [7, 11) is 1.99. The maximum atomic E-state index is 12.7. The van der Waals surface area contributed by atoms with Crippen LogP contribution >= 0.6 is 0 Å². The summed E-state index contributed by atoms with van der Waals surface area (Å²) in [6.07, 6.45) is 6.69. The Balaban J connectivity index is 1.96. The fraction of sp³-hybridized carbons (Fsp3) is 0.938. The average Bonchev–Trinajstić information content (AvgIpc) is 2.33. The molecule has 0 aliphatic heterocycles. The first-order chi connectivity index (χ1) is 8.80. The SMILES string of the molecule is CC1CC(CN)(C(=O)N(C)C2CCC(C)(C)CC2)C1. The molecule has 0 bridgehead atoms. The fourth-order valence-electron chi connectivity index (χ4n) is 4.01. The second-order valence-electron chi connectivity index (χ2n) is 7.81. The molecule has 2 rings (SSSR count). The molecular formula is C16H30N2O. The van der Waals surface area contributed by atoms with Crippen molar-refractivity contribution in [2.24, 2.45) is 22.5 Å². The molecule has 3 nitrogen and oxygen atoms in total. The van der Waals surface area contributed by atoms with Crippen molar-refractivity contribution in [3.63, 3.8) is 0 Å². The van der Waals surface area contributed by atoms with Crippen LogP contribution in [0.1, 0.15) is 59.3 Å². The van der Waals surface area contributed by atoms with E-state index in [4.69, 9.17) is 5.73 Å². The molecule has 1 amide bonds. The van der Waals surface area contributed by atoms with Gasteiger partial charge in [0.25, 0.3) is 0 Å². The van der Waals surface area contributed by atoms with Crippen molar-refractivity contribution in [2.45, 2.75) is 65.3 Å². The van der Waals surface area contributed by atoms with Gasteiger partial charge in [0, 0.05) is 19.6 Å². The van der Waals surface area contributed by atoms with Crippen LogP contribution in [0.4, 0.5) is 0 Å². The van der Waals surface area contributed by atoms with Gasteiger partial charge in [-0.1, -0.05) is 20.8 Å². The number of amides is 1. The summed E-state index contributed by atoms with van der Waals surface area (Å²) in [5.41, 5.74) is 6.12. The van der Waals surface area contributed by atoms with Gasteiger partial charge in [-0.25, -0.2) is 0 Å². The first-order valence-electron chi connectivity index (χ1n) is 7.77. The molecule has 19 heavy (non-hydrogen) atoms. The van der Waals surface area contributed by atoms with Crippen LogP contribution < -0.4 is 5.73 Å². The van der Waals surface area contributed by atoms with Gasteiger partial charge in [0.05, 0.1) is 5.41 Å². The van der Waals surface area contributed by atoms with Gasteiger partial charge in [-0.15, -0.1) is 0 Å². The predicted octanol–water partition coefficient (Wildman–Crippen LogP) is 2.79. The highest BCUT2D eigenvalue weighted by Crippen LogP contribution is 2.47. The van der Waals surface area contributed by atoms with E-state index >= 15 is 0 Å². The minimum Gasteiger partial charge on any atom is -0.342 e. The first kappa shape index (κ1) is 14.8. The summed E-state index contributed by atoms with van der Waals surface area (Å²) in [5, 5.41) is 0. The Hall–Kier alpha value is -0.570. The highest BCUT2D eigenvalue weighted by Gasteiger charge is 2.49. The normalized spacial score (nSPS) is 34.7. The number of nitrogens with two attached hydrogens (primary N) is 1. The van der Waals surface area contributed by atoms with E-state index in [2.05, 4.69) is 20.8 Å². The van der Waals surface area contributed by atoms with Crippen molar-refractivity contribution in [1.82, 2.24) is 4.90 Å². The van der Waals surface area contributed by atoms with Gasteiger partial charge in [0.15, 0.2) is 0 Å². The number of rotatable bonds is 3. The van der Waals surface area contributed by atoms with Crippen molar-refractivity contribution >= 4 is 5.91 Å². The lowest BCUT2D eigenvalue weighted by molar-refractivity contribution is -0.151. The van der Waals surface area contributed by atoms with Crippen LogP contribution in [-0.4, -0.2) is 30.4 Å². The van der Waals surface area contributed by atoms with Crippen LogP contribution in [0.3, 0.4) is 0 Å². The summed E-state index contributed by atoms with van der Waals surface area (Å²) in [6.45, 7) is 7.39. The number of carbonyl (C=O) groups is 1. The zero-order chi connectivity index (χ0) is 14.3. The Morgan fingerprint density at radius 2 is 1.79 bits per heavy atom. The van der Waals surface area contributed by atoms with Crippen LogP contribution in [0.25, 0.3) is 0 Å². The molecule has 2 aliphatic carbocycles. The molecule has 2 N–H and O–H groups in total. The van der Waals surface area contributed by atoms with E-state index in [0.29, 0.717) is 29.8 Å². The lowest BCUT2D eigenvalue weighted by Crippen LogP contribution is -2.56. The van der Waals surface area contributed by atoms with E-state index < -0.39 is 0 Å². The molecule has 110 valence electrons. The average molecular weight is 266 g/mol. The Kier molecular flexibility index (Phi) is 3.97. The largest absolute Gasteiger partial charge is 0.342 e. The van der Waals surface area contributed by atoms with Crippen molar-refractivity contribution < 1.29 is 4.79 Å². The van der Waals surface area contributed by atoms with Crippen LogP contribution in [-0.2, 0) is 4.79 Å². The molecule has 0 aromatic carbocycles. The molecule has 2 fully saturated rings. The minimum absolute atomic E-state index is 0.235. The summed E-state index contributed by atoms with van der Waals surface area (Å²) in [6, 6.07) is 0.430. The Morgan fingerprint density at radius 1 is 1.26 bits per heavy atom. The Bertz CT molecular complexity index is 335. The van der Waals surface area contributed by atoms with Gasteiger partial charge in [-0.2, -0.15) is 0 Å². The molecule has 0 unspecified atom stereocenters. The molecule has 0 saturated heterocycles. The third-order valence-electron chi connectivity index (χ3n) is 5.50. The van der Waals surface area contributed by atoms with Crippen LogP contribution in [0.5, 0.6) is 0 Å². The fourth-order valence-corrected chi connectivity index (χ4v) is 4.01. The van der Waals surface area contributed by atoms with Gasteiger partial charge in [-0.05, 0) is 49.9 Å². The molecule has 0 atom stereocenters. The highest BCUT2D eigenvalue weighted by molar-refractivity contribution is 5.84. The molecule has 0 heterocycles. The molecular weight excluding hydrogens is 236 g/mol. The second-order valence-corrected chi connectivity index (χ2v) is 7.81. The predicted molar refractivity (Wildman–Crippen MR) is 78.7 cm³/mol. The summed E-state index contributed by atoms with van der Waals surface area (Å²) >= 11 is 0. The third-order valence-corrected chi connectivity index (χ3v) is 5.50. The van der Waals surface area contributed by atoms with Crippen molar-refractivity contribution in [1.29, 1.82) is 0 Å². The van der Waals surface area contributed by atoms with Crippen LogP contribution in [0.2, 0.25) is 0 Å². The maximum absolute atomic E-state index is 12.7. The van der Waals surface area contributed by atoms with Gasteiger partial charge in [-0.3, -0.25) is 4.79 Å². The Morgan fingerprint density at radius 3 is 2.21 bits per heavy atom. The van der Waals surface area contributed by atoms with Crippen molar-refractivity contribution in [2.75, 3.05) is 13.6 Å². The monoisotopic (exact) mass is 266 g/mol. The van der Waals surface area contributed by atoms with E-state index in [1.165, 1.54) is 12.8 Å². The smallest absolute Gasteiger partial charge is 0.230 e. The summed E-state index contributed by atoms with van der Waals surface area (Å²) < 4.78 is 0. The number of hydrogen-bond acceptors (Lipinski definition) is 2. The van der Waals surface area contributed by atoms with Crippen LogP contribution in [0.15, 0.2) is 0 Å². The lowest BCUT2D eigenvalue weighted by Gasteiger charge is -2.48. The van der Waals surface area contributed by atoms with Gasteiger partial charge < -0.3 is 10.6 Å². The Labute approximate surface area is 117 Å². The summed E-state index contributed by atoms with van der Waals surface area (Å²) in [5.74, 6) is 0.962. The highest BCUT2D eigenvalue weighted by atomic mass is 16.2. The standard InChI is InChI=1S/C16H30N2O/c1-12-9-16(10-12,11-17)14(19)18(4)13-5-7-15(2,3)8-6-13/h12-13H,5-11,17H2,1-4H3. The van der Waals surface area contributed by atoms with Crippen molar-refractivity contribution in [3.8, 4) is 0 Å². The topological polar surface area (TPSA) is 46.3 Å².